The molecule has 7 rings (SSSR count). The number of pyridine rings is 1. The average molecular weight is 682 g/mol. The first-order chi connectivity index (χ1) is 23.1. The van der Waals surface area contributed by atoms with Crippen LogP contribution < -0.4 is 9.47 Å². The lowest BCUT2D eigenvalue weighted by Gasteiger charge is -2.27. The highest BCUT2D eigenvalue weighted by atomic mass is 32.2. The Morgan fingerprint density at radius 1 is 0.854 bits per heavy atom. The second kappa shape index (κ2) is 12.4. The van der Waals surface area contributed by atoms with Gasteiger partial charge < -0.3 is 24.0 Å². The molecule has 1 N–H and O–H groups in total. The maximum Gasteiger partial charge on any atom is 0.345 e. The second-order valence-corrected chi connectivity index (χ2v) is 14.9. The van der Waals surface area contributed by atoms with Crippen molar-refractivity contribution in [3.63, 3.8) is 0 Å². The topological polar surface area (TPSA) is 128 Å². The Bertz CT molecular complexity index is 2290. The zero-order valence-corrected chi connectivity index (χ0v) is 27.8. The van der Waals surface area contributed by atoms with Crippen molar-refractivity contribution in [2.75, 3.05) is 38.8 Å². The molecule has 1 aliphatic rings. The van der Waals surface area contributed by atoms with Crippen LogP contribution in [0.3, 0.4) is 0 Å². The van der Waals surface area contributed by atoms with E-state index in [1.165, 1.54) is 11.3 Å². The Morgan fingerprint density at radius 2 is 1.56 bits per heavy atom. The summed E-state index contributed by atoms with van der Waals surface area (Å²) in [4.78, 5) is 32.5. The minimum Gasteiger partial charge on any atom is -0.497 e. The summed E-state index contributed by atoms with van der Waals surface area (Å²) in [6.45, 7) is 0.167. The summed E-state index contributed by atoms with van der Waals surface area (Å²) < 4.78 is 37.7. The molecule has 0 saturated carbocycles. The van der Waals surface area contributed by atoms with Gasteiger partial charge in [-0.15, -0.1) is 11.3 Å². The summed E-state index contributed by atoms with van der Waals surface area (Å²) in [6.07, 6.45) is 0. The first-order valence-electron chi connectivity index (χ1n) is 15.2. The molecular formula is C36H31N3O7S2. The third-order valence-corrected chi connectivity index (χ3v) is 11.3. The van der Waals surface area contributed by atoms with E-state index < -0.39 is 15.8 Å². The first-order valence-corrected chi connectivity index (χ1v) is 17.9. The molecule has 12 heteroatoms. The van der Waals surface area contributed by atoms with Crippen molar-refractivity contribution in [3.05, 3.63) is 89.8 Å². The van der Waals surface area contributed by atoms with Crippen molar-refractivity contribution in [1.82, 2.24) is 14.5 Å². The number of aromatic carboxylic acids is 1. The van der Waals surface area contributed by atoms with E-state index in [4.69, 9.17) is 14.5 Å². The van der Waals surface area contributed by atoms with Crippen LogP contribution in [0.5, 0.6) is 11.5 Å². The molecule has 0 atom stereocenters. The molecule has 0 spiro atoms. The maximum absolute atomic E-state index is 13.7. The standard InChI is InChI=1S/C36H31N3O7S2/c1-45-26-17-25(18-27(19-26)46-2)29-10-8-23-16-24(9-11-28(23)37-29)34-33(22-6-4-3-5-7-22)35-30(20-31(47-35)36(41)42)39(34)21-32(40)38-12-14-48(43,44)15-13-38/h3-11,16-20H,12-15,21H2,1-2H3,(H,41,42). The van der Waals surface area contributed by atoms with Gasteiger partial charge in [0.25, 0.3) is 0 Å². The number of amides is 1. The lowest BCUT2D eigenvalue weighted by atomic mass is 9.99. The third kappa shape index (κ3) is 5.88. The molecule has 1 aliphatic heterocycles. The van der Waals surface area contributed by atoms with Crippen molar-refractivity contribution in [1.29, 1.82) is 0 Å². The van der Waals surface area contributed by atoms with E-state index in [2.05, 4.69) is 0 Å². The van der Waals surface area contributed by atoms with Gasteiger partial charge in [-0.25, -0.2) is 18.2 Å². The predicted molar refractivity (Wildman–Crippen MR) is 187 cm³/mol. The van der Waals surface area contributed by atoms with Crippen molar-refractivity contribution >= 4 is 54.2 Å². The molecule has 4 heterocycles. The smallest absolute Gasteiger partial charge is 0.345 e. The number of ether oxygens (including phenoxy) is 2. The van der Waals surface area contributed by atoms with Crippen molar-refractivity contribution in [2.24, 2.45) is 0 Å². The molecule has 0 unspecified atom stereocenters. The molecule has 3 aromatic heterocycles. The molecule has 3 aromatic carbocycles. The molecule has 6 aromatic rings. The van der Waals surface area contributed by atoms with Crippen LogP contribution in [0.2, 0.25) is 0 Å². The van der Waals surface area contributed by atoms with Crippen molar-refractivity contribution in [2.45, 2.75) is 6.54 Å². The second-order valence-electron chi connectivity index (χ2n) is 11.5. The van der Waals surface area contributed by atoms with E-state index in [-0.39, 0.29) is 41.9 Å². The Kier molecular flexibility index (Phi) is 8.14. The van der Waals surface area contributed by atoms with Gasteiger partial charge in [0.1, 0.15) is 22.9 Å². The SMILES string of the molecule is COc1cc(OC)cc(-c2ccc3cc(-c4c(-c5ccccc5)c5sc(C(=O)O)cc5n4CC(=O)N4CCS(=O)(=O)CC4)ccc3n2)c1. The van der Waals surface area contributed by atoms with Crippen LogP contribution in [0.1, 0.15) is 9.67 Å². The van der Waals surface area contributed by atoms with Crippen molar-refractivity contribution in [3.8, 4) is 45.1 Å². The molecular weight excluding hydrogens is 651 g/mol. The summed E-state index contributed by atoms with van der Waals surface area (Å²) in [5.41, 5.74) is 6.28. The fourth-order valence-corrected chi connectivity index (χ4v) is 8.42. The van der Waals surface area contributed by atoms with Crippen LogP contribution in [0.25, 0.3) is 54.8 Å². The van der Waals surface area contributed by atoms with E-state index >= 15 is 0 Å². The van der Waals surface area contributed by atoms with E-state index in [9.17, 15) is 23.1 Å². The predicted octanol–water partition coefficient (Wildman–Crippen LogP) is 6.22. The highest BCUT2D eigenvalue weighted by Crippen LogP contribution is 2.45. The summed E-state index contributed by atoms with van der Waals surface area (Å²) in [6, 6.07) is 26.8. The number of benzene rings is 3. The van der Waals surface area contributed by atoms with Gasteiger partial charge in [0.15, 0.2) is 9.84 Å². The number of methoxy groups -OCH3 is 2. The lowest BCUT2D eigenvalue weighted by molar-refractivity contribution is -0.131. The molecule has 1 saturated heterocycles. The Balaban J connectivity index is 1.38. The molecule has 0 radical (unpaired) electrons. The summed E-state index contributed by atoms with van der Waals surface area (Å²) in [5.74, 6) is -0.119. The molecule has 1 fully saturated rings. The van der Waals surface area contributed by atoms with Gasteiger partial charge in [-0.2, -0.15) is 0 Å². The number of nitrogens with zero attached hydrogens (tertiary/aromatic N) is 3. The van der Waals surface area contributed by atoms with Gasteiger partial charge in [0, 0.05) is 35.7 Å². The van der Waals surface area contributed by atoms with Gasteiger partial charge >= 0.3 is 5.97 Å². The number of carboxylic acid groups (broad SMARTS) is 1. The minimum atomic E-state index is -3.18. The average Bonchev–Trinajstić information content (AvgIpc) is 3.66. The quantitative estimate of drug-likeness (QED) is 0.201. The molecule has 1 amide bonds. The number of carbonyl (C=O) groups is 2. The largest absolute Gasteiger partial charge is 0.497 e. The van der Waals surface area contributed by atoms with E-state index in [1.54, 1.807) is 31.3 Å². The summed E-state index contributed by atoms with van der Waals surface area (Å²) in [5, 5.41) is 10.8. The van der Waals surface area contributed by atoms with Crippen LogP contribution in [0.15, 0.2) is 84.9 Å². The van der Waals surface area contributed by atoms with Crippen LogP contribution in [-0.2, 0) is 21.2 Å². The number of carboxylic acids is 1. The zero-order chi connectivity index (χ0) is 33.6. The Morgan fingerprint density at radius 3 is 2.23 bits per heavy atom. The molecule has 48 heavy (non-hydrogen) atoms. The van der Waals surface area contributed by atoms with E-state index in [0.29, 0.717) is 17.0 Å². The van der Waals surface area contributed by atoms with Gasteiger partial charge in [0.2, 0.25) is 5.91 Å². The number of rotatable bonds is 8. The van der Waals surface area contributed by atoms with Crippen LogP contribution in [0, 0.1) is 0 Å². The number of sulfone groups is 1. The number of hydrogen-bond donors (Lipinski definition) is 1. The van der Waals surface area contributed by atoms with Gasteiger partial charge in [-0.1, -0.05) is 42.5 Å². The lowest BCUT2D eigenvalue weighted by Crippen LogP contribution is -2.45. The number of fused-ring (bicyclic) bond motifs is 2. The number of thiophene rings is 1. The molecule has 0 aliphatic carbocycles. The van der Waals surface area contributed by atoms with Gasteiger partial charge in [0.05, 0.1) is 52.8 Å². The molecule has 10 nitrogen and oxygen atoms in total. The summed E-state index contributed by atoms with van der Waals surface area (Å²) >= 11 is 1.17. The highest BCUT2D eigenvalue weighted by molar-refractivity contribution is 7.91. The maximum atomic E-state index is 13.7. The Labute approximate surface area is 280 Å². The monoisotopic (exact) mass is 681 g/mol. The highest BCUT2D eigenvalue weighted by Gasteiger charge is 2.29. The molecule has 0 bridgehead atoms. The van der Waals surface area contributed by atoms with Gasteiger partial charge in [-0.3, -0.25) is 4.79 Å². The fourth-order valence-electron chi connectivity index (χ4n) is 6.15. The van der Waals surface area contributed by atoms with Gasteiger partial charge in [-0.05, 0) is 47.5 Å². The Hall–Kier alpha value is -5.20. The number of carbonyl (C=O) groups excluding carboxylic acids is 1. The van der Waals surface area contributed by atoms with Crippen LogP contribution in [0.4, 0.5) is 0 Å². The van der Waals surface area contributed by atoms with Crippen LogP contribution in [-0.4, -0.2) is 78.7 Å². The summed E-state index contributed by atoms with van der Waals surface area (Å²) in [7, 11) is 0.0261. The first kappa shape index (κ1) is 31.4. The van der Waals surface area contributed by atoms with E-state index in [0.717, 1.165) is 49.2 Å². The minimum absolute atomic E-state index is 0.0776. The normalized spacial score (nSPS) is 14.3. The molecule has 244 valence electrons. The third-order valence-electron chi connectivity index (χ3n) is 8.61. The number of hydrogen-bond acceptors (Lipinski definition) is 8. The van der Waals surface area contributed by atoms with Crippen LogP contribution >= 0.6 is 11.3 Å². The van der Waals surface area contributed by atoms with E-state index in [1.807, 2.05) is 77.4 Å². The van der Waals surface area contributed by atoms with Crippen molar-refractivity contribution < 1.29 is 32.6 Å². The number of aromatic nitrogens is 2. The zero-order valence-electron chi connectivity index (χ0n) is 26.2. The fraction of sp³-hybridized carbons (Fsp3) is 0.194.